The molecule has 1 N–H and O–H groups in total. The van der Waals surface area contributed by atoms with Gasteiger partial charge in [-0.1, -0.05) is 45.2 Å². The zero-order valence-electron chi connectivity index (χ0n) is 12.7. The van der Waals surface area contributed by atoms with Crippen molar-refractivity contribution in [3.8, 4) is 0 Å². The van der Waals surface area contributed by atoms with Gasteiger partial charge in [-0.3, -0.25) is 0 Å². The van der Waals surface area contributed by atoms with Crippen molar-refractivity contribution in [1.82, 2.24) is 15.5 Å². The fourth-order valence-electron chi connectivity index (χ4n) is 2.54. The Bertz CT molecular complexity index is 388. The standard InChI is InChI=1S/C15H27N3O/c1-11(16-10-12-8-6-5-7-9-12)13-17-14(18-19-13)15(2,3)4/h11-12,16H,5-10H2,1-4H3. The molecule has 1 atom stereocenters. The van der Waals surface area contributed by atoms with Gasteiger partial charge in [-0.2, -0.15) is 4.98 Å². The Morgan fingerprint density at radius 3 is 2.53 bits per heavy atom. The van der Waals surface area contributed by atoms with Crippen molar-refractivity contribution >= 4 is 0 Å². The summed E-state index contributed by atoms with van der Waals surface area (Å²) in [6.07, 6.45) is 6.89. The minimum atomic E-state index is -0.0508. The molecule has 1 saturated carbocycles. The lowest BCUT2D eigenvalue weighted by Gasteiger charge is -2.23. The number of aromatic nitrogens is 2. The SMILES string of the molecule is CC(NCC1CCCCC1)c1nc(C(C)(C)C)no1. The third-order valence-electron chi connectivity index (χ3n) is 3.92. The predicted octanol–water partition coefficient (Wildman–Crippen LogP) is 3.60. The monoisotopic (exact) mass is 265 g/mol. The highest BCUT2D eigenvalue weighted by Gasteiger charge is 2.23. The minimum absolute atomic E-state index is 0.0508. The molecule has 0 bridgehead atoms. The van der Waals surface area contributed by atoms with Crippen LogP contribution in [0.4, 0.5) is 0 Å². The number of nitrogens with one attached hydrogen (secondary N) is 1. The lowest BCUT2D eigenvalue weighted by atomic mass is 9.89. The van der Waals surface area contributed by atoms with Gasteiger partial charge >= 0.3 is 0 Å². The smallest absolute Gasteiger partial charge is 0.243 e. The van der Waals surface area contributed by atoms with Crippen molar-refractivity contribution in [2.45, 2.75) is 71.3 Å². The summed E-state index contributed by atoms with van der Waals surface area (Å²) in [4.78, 5) is 4.50. The second kappa shape index (κ2) is 6.04. The third kappa shape index (κ3) is 4.03. The number of rotatable bonds is 4. The lowest BCUT2D eigenvalue weighted by molar-refractivity contribution is 0.298. The van der Waals surface area contributed by atoms with Crippen LogP contribution in [0, 0.1) is 5.92 Å². The van der Waals surface area contributed by atoms with Gasteiger partial charge in [-0.15, -0.1) is 0 Å². The average Bonchev–Trinajstić information content (AvgIpc) is 2.87. The van der Waals surface area contributed by atoms with Crippen LogP contribution in [0.2, 0.25) is 0 Å². The molecule has 2 rings (SSSR count). The molecular weight excluding hydrogens is 238 g/mol. The molecule has 0 spiro atoms. The minimum Gasteiger partial charge on any atom is -0.338 e. The van der Waals surface area contributed by atoms with Crippen LogP contribution in [0.1, 0.15) is 77.6 Å². The summed E-state index contributed by atoms with van der Waals surface area (Å²) in [7, 11) is 0. The summed E-state index contributed by atoms with van der Waals surface area (Å²) < 4.78 is 5.37. The molecule has 4 heteroatoms. The molecule has 0 radical (unpaired) electrons. The molecule has 1 heterocycles. The Kier molecular flexibility index (Phi) is 4.61. The zero-order chi connectivity index (χ0) is 13.9. The van der Waals surface area contributed by atoms with Crippen LogP contribution in [0.25, 0.3) is 0 Å². The van der Waals surface area contributed by atoms with E-state index < -0.39 is 0 Å². The van der Waals surface area contributed by atoms with Gasteiger partial charge in [0.05, 0.1) is 6.04 Å². The van der Waals surface area contributed by atoms with Crippen LogP contribution in [-0.2, 0) is 5.41 Å². The van der Waals surface area contributed by atoms with E-state index in [4.69, 9.17) is 4.52 Å². The molecule has 1 aromatic heterocycles. The van der Waals surface area contributed by atoms with Crippen molar-refractivity contribution in [3.05, 3.63) is 11.7 Å². The van der Waals surface area contributed by atoms with Crippen LogP contribution in [0.15, 0.2) is 4.52 Å². The predicted molar refractivity (Wildman–Crippen MR) is 76.0 cm³/mol. The lowest BCUT2D eigenvalue weighted by Crippen LogP contribution is -2.27. The van der Waals surface area contributed by atoms with E-state index in [2.05, 4.69) is 43.2 Å². The topological polar surface area (TPSA) is 51.0 Å². The molecule has 0 amide bonds. The second-order valence-electron chi connectivity index (χ2n) is 6.84. The fraction of sp³-hybridized carbons (Fsp3) is 0.867. The Hall–Kier alpha value is -0.900. The summed E-state index contributed by atoms with van der Waals surface area (Å²) in [5.41, 5.74) is -0.0508. The Balaban J connectivity index is 1.85. The van der Waals surface area contributed by atoms with Gasteiger partial charge in [0.25, 0.3) is 0 Å². The third-order valence-corrected chi connectivity index (χ3v) is 3.92. The molecule has 0 saturated heterocycles. The van der Waals surface area contributed by atoms with Gasteiger partial charge in [0, 0.05) is 5.41 Å². The van der Waals surface area contributed by atoms with Crippen LogP contribution in [-0.4, -0.2) is 16.7 Å². The maximum Gasteiger partial charge on any atom is 0.243 e. The van der Waals surface area contributed by atoms with Gasteiger partial charge in [-0.05, 0) is 32.2 Å². The first-order chi connectivity index (χ1) is 8.97. The molecule has 1 aromatic rings. The second-order valence-corrected chi connectivity index (χ2v) is 6.84. The quantitative estimate of drug-likeness (QED) is 0.903. The van der Waals surface area contributed by atoms with Crippen LogP contribution < -0.4 is 5.32 Å². The van der Waals surface area contributed by atoms with Gasteiger partial charge in [0.1, 0.15) is 0 Å². The molecule has 4 nitrogen and oxygen atoms in total. The summed E-state index contributed by atoms with van der Waals surface area (Å²) in [5.74, 6) is 2.32. The van der Waals surface area contributed by atoms with Gasteiger partial charge < -0.3 is 9.84 Å². The van der Waals surface area contributed by atoms with E-state index in [0.29, 0.717) is 5.89 Å². The molecule has 1 aliphatic rings. The maximum absolute atomic E-state index is 5.37. The highest BCUT2D eigenvalue weighted by molar-refractivity contribution is 5.01. The van der Waals surface area contributed by atoms with E-state index >= 15 is 0 Å². The number of nitrogens with zero attached hydrogens (tertiary/aromatic N) is 2. The summed E-state index contributed by atoms with van der Waals surface area (Å²) in [6.45, 7) is 9.46. The van der Waals surface area contributed by atoms with Crippen molar-refractivity contribution in [2.75, 3.05) is 6.54 Å². The first-order valence-corrected chi connectivity index (χ1v) is 7.54. The van der Waals surface area contributed by atoms with Crippen molar-refractivity contribution in [3.63, 3.8) is 0 Å². The molecule has 108 valence electrons. The first kappa shape index (κ1) is 14.5. The van der Waals surface area contributed by atoms with Gasteiger partial charge in [0.2, 0.25) is 5.89 Å². The number of hydrogen-bond donors (Lipinski definition) is 1. The Labute approximate surface area is 116 Å². The van der Waals surface area contributed by atoms with Gasteiger partial charge in [-0.25, -0.2) is 0 Å². The van der Waals surface area contributed by atoms with E-state index in [-0.39, 0.29) is 11.5 Å². The van der Waals surface area contributed by atoms with Gasteiger partial charge in [0.15, 0.2) is 5.82 Å². The van der Waals surface area contributed by atoms with E-state index in [1.807, 2.05) is 0 Å². The number of hydrogen-bond acceptors (Lipinski definition) is 4. The molecule has 19 heavy (non-hydrogen) atoms. The van der Waals surface area contributed by atoms with E-state index in [0.717, 1.165) is 18.3 Å². The largest absolute Gasteiger partial charge is 0.338 e. The van der Waals surface area contributed by atoms with E-state index in [1.165, 1.54) is 32.1 Å². The summed E-state index contributed by atoms with van der Waals surface area (Å²) in [5, 5.41) is 7.61. The molecule has 1 aliphatic carbocycles. The summed E-state index contributed by atoms with van der Waals surface area (Å²) in [6, 6.07) is 0.144. The highest BCUT2D eigenvalue weighted by Crippen LogP contribution is 2.24. The molecular formula is C15H27N3O. The zero-order valence-corrected chi connectivity index (χ0v) is 12.7. The molecule has 0 aromatic carbocycles. The van der Waals surface area contributed by atoms with E-state index in [1.54, 1.807) is 0 Å². The normalized spacial score (nSPS) is 19.6. The van der Waals surface area contributed by atoms with Crippen LogP contribution in [0.5, 0.6) is 0 Å². The highest BCUT2D eigenvalue weighted by atomic mass is 16.5. The van der Waals surface area contributed by atoms with Crippen molar-refractivity contribution < 1.29 is 4.52 Å². The molecule has 0 aliphatic heterocycles. The maximum atomic E-state index is 5.37. The van der Waals surface area contributed by atoms with Crippen molar-refractivity contribution in [2.24, 2.45) is 5.92 Å². The van der Waals surface area contributed by atoms with E-state index in [9.17, 15) is 0 Å². The Morgan fingerprint density at radius 1 is 1.26 bits per heavy atom. The fourth-order valence-corrected chi connectivity index (χ4v) is 2.54. The molecule has 1 unspecified atom stereocenters. The Morgan fingerprint density at radius 2 is 1.95 bits per heavy atom. The molecule has 1 fully saturated rings. The van der Waals surface area contributed by atoms with Crippen LogP contribution >= 0.6 is 0 Å². The first-order valence-electron chi connectivity index (χ1n) is 7.54. The summed E-state index contributed by atoms with van der Waals surface area (Å²) >= 11 is 0. The average molecular weight is 265 g/mol. The van der Waals surface area contributed by atoms with Crippen molar-refractivity contribution in [1.29, 1.82) is 0 Å². The van der Waals surface area contributed by atoms with Crippen LogP contribution in [0.3, 0.4) is 0 Å².